The summed E-state index contributed by atoms with van der Waals surface area (Å²) in [6.45, 7) is 1.70. The minimum absolute atomic E-state index is 0.131. The molecule has 4 N–H and O–H groups in total. The summed E-state index contributed by atoms with van der Waals surface area (Å²) in [5.41, 5.74) is 4.84. The summed E-state index contributed by atoms with van der Waals surface area (Å²) in [4.78, 5) is 22.8. The molecule has 0 bridgehead atoms. The number of hydrogen-bond acceptors (Lipinski definition) is 5. The molecule has 0 heterocycles. The van der Waals surface area contributed by atoms with Crippen LogP contribution in [0.25, 0.3) is 0 Å². The summed E-state index contributed by atoms with van der Waals surface area (Å²) in [6.07, 6.45) is 2.38. The molecular weight excluding hydrogens is 212 g/mol. The highest BCUT2D eigenvalue weighted by atomic mass is 16.5. The maximum atomic E-state index is 11.6. The molecule has 0 aromatic carbocycles. The summed E-state index contributed by atoms with van der Waals surface area (Å²) in [6, 6.07) is -1.32. The number of nitrogens with one attached hydrogen (secondary N) is 1. The highest BCUT2D eigenvalue weighted by molar-refractivity contribution is 6.02. The first-order valence-corrected chi connectivity index (χ1v) is 5.40. The molecule has 0 radical (unpaired) electrons. The van der Waals surface area contributed by atoms with E-state index in [1.807, 2.05) is 0 Å². The molecule has 1 fully saturated rings. The molecule has 92 valence electrons. The second-order valence-electron chi connectivity index (χ2n) is 4.01. The fourth-order valence-electron chi connectivity index (χ4n) is 1.60. The molecule has 0 aliphatic heterocycles. The number of rotatable bonds is 5. The molecule has 1 rings (SSSR count). The van der Waals surface area contributed by atoms with Crippen molar-refractivity contribution in [1.29, 1.82) is 0 Å². The van der Waals surface area contributed by atoms with Crippen LogP contribution < -0.4 is 11.1 Å². The van der Waals surface area contributed by atoms with Crippen LogP contribution in [0.1, 0.15) is 26.2 Å². The largest absolute Gasteiger partial charge is 0.464 e. The number of carbonyl (C=O) groups is 2. The summed E-state index contributed by atoms with van der Waals surface area (Å²) in [7, 11) is 0. The van der Waals surface area contributed by atoms with Crippen molar-refractivity contribution in [2.45, 2.75) is 37.8 Å². The van der Waals surface area contributed by atoms with Crippen LogP contribution in [0.3, 0.4) is 0 Å². The molecule has 0 aromatic heterocycles. The number of nitrogens with two attached hydrogens (primary N) is 1. The Kier molecular flexibility index (Phi) is 4.26. The van der Waals surface area contributed by atoms with Crippen molar-refractivity contribution in [3.8, 4) is 0 Å². The number of aliphatic hydroxyl groups is 1. The Bertz CT molecular complexity index is 270. The molecule has 1 aliphatic rings. The van der Waals surface area contributed by atoms with Crippen molar-refractivity contribution in [2.75, 3.05) is 13.2 Å². The zero-order valence-corrected chi connectivity index (χ0v) is 9.36. The van der Waals surface area contributed by atoms with Gasteiger partial charge in [-0.2, -0.15) is 0 Å². The highest BCUT2D eigenvalue weighted by Gasteiger charge is 2.39. The van der Waals surface area contributed by atoms with Crippen LogP contribution in [0.2, 0.25) is 0 Å². The van der Waals surface area contributed by atoms with Gasteiger partial charge in [-0.15, -0.1) is 0 Å². The molecule has 0 spiro atoms. The average molecular weight is 230 g/mol. The van der Waals surface area contributed by atoms with Crippen LogP contribution in [0, 0.1) is 0 Å². The lowest BCUT2D eigenvalue weighted by atomic mass is 9.77. The minimum atomic E-state index is -1.32. The first-order chi connectivity index (χ1) is 7.54. The number of ether oxygens (including phenoxy) is 1. The number of carbonyl (C=O) groups excluding carboxylic acids is 2. The van der Waals surface area contributed by atoms with Crippen molar-refractivity contribution in [3.63, 3.8) is 0 Å². The molecule has 1 aliphatic carbocycles. The number of esters is 1. The predicted octanol–water partition coefficient (Wildman–Crippen LogP) is -1.09. The lowest BCUT2D eigenvalue weighted by Crippen LogP contribution is -2.60. The van der Waals surface area contributed by atoms with E-state index in [0.29, 0.717) is 12.8 Å². The number of hydrogen-bond donors (Lipinski definition) is 3. The zero-order chi connectivity index (χ0) is 12.2. The van der Waals surface area contributed by atoms with Crippen LogP contribution >= 0.6 is 0 Å². The Labute approximate surface area is 94.1 Å². The van der Waals surface area contributed by atoms with Gasteiger partial charge in [0.15, 0.2) is 6.04 Å². The fourth-order valence-corrected chi connectivity index (χ4v) is 1.60. The van der Waals surface area contributed by atoms with E-state index in [4.69, 9.17) is 10.8 Å². The number of aliphatic hydroxyl groups excluding tert-OH is 1. The highest BCUT2D eigenvalue weighted by Crippen LogP contribution is 2.31. The summed E-state index contributed by atoms with van der Waals surface area (Å²) < 4.78 is 4.64. The quantitative estimate of drug-likeness (QED) is 0.411. The molecular formula is C10H18N2O4. The van der Waals surface area contributed by atoms with Gasteiger partial charge in [-0.05, 0) is 26.2 Å². The molecule has 16 heavy (non-hydrogen) atoms. The minimum Gasteiger partial charge on any atom is -0.464 e. The van der Waals surface area contributed by atoms with Gasteiger partial charge in [-0.3, -0.25) is 4.79 Å². The molecule has 0 aromatic rings. The van der Waals surface area contributed by atoms with Crippen molar-refractivity contribution in [1.82, 2.24) is 5.32 Å². The molecule has 1 unspecified atom stereocenters. The SMILES string of the molecule is CCOC(=O)C(N)C(=O)NC1(CO)CCC1. The van der Waals surface area contributed by atoms with Gasteiger partial charge >= 0.3 is 5.97 Å². The Morgan fingerprint density at radius 3 is 2.56 bits per heavy atom. The fraction of sp³-hybridized carbons (Fsp3) is 0.800. The first-order valence-electron chi connectivity index (χ1n) is 5.40. The Morgan fingerprint density at radius 1 is 1.56 bits per heavy atom. The summed E-state index contributed by atoms with van der Waals surface area (Å²) >= 11 is 0. The average Bonchev–Trinajstić information content (AvgIpc) is 2.22. The summed E-state index contributed by atoms with van der Waals surface area (Å²) in [5.74, 6) is -1.33. The van der Waals surface area contributed by atoms with E-state index in [1.54, 1.807) is 6.92 Å². The van der Waals surface area contributed by atoms with Gasteiger partial charge in [-0.1, -0.05) is 0 Å². The van der Waals surface area contributed by atoms with E-state index in [-0.39, 0.29) is 13.2 Å². The second kappa shape index (κ2) is 5.27. The van der Waals surface area contributed by atoms with Crippen molar-refractivity contribution in [3.05, 3.63) is 0 Å². The van der Waals surface area contributed by atoms with Gasteiger partial charge in [0.05, 0.1) is 18.8 Å². The normalized spacial score (nSPS) is 19.4. The lowest BCUT2D eigenvalue weighted by molar-refractivity contribution is -0.148. The molecule has 1 amide bonds. The van der Waals surface area contributed by atoms with Gasteiger partial charge in [-0.25, -0.2) is 4.79 Å². The molecule has 6 nitrogen and oxygen atoms in total. The Balaban J connectivity index is 2.48. The van der Waals surface area contributed by atoms with Crippen LogP contribution in [-0.2, 0) is 14.3 Å². The van der Waals surface area contributed by atoms with Crippen molar-refractivity contribution < 1.29 is 19.4 Å². The zero-order valence-electron chi connectivity index (χ0n) is 9.36. The van der Waals surface area contributed by atoms with Gasteiger partial charge < -0.3 is 20.9 Å². The topological polar surface area (TPSA) is 102 Å². The van der Waals surface area contributed by atoms with E-state index in [2.05, 4.69) is 10.1 Å². The first kappa shape index (κ1) is 12.9. The third kappa shape index (κ3) is 2.70. The molecule has 6 heteroatoms. The van der Waals surface area contributed by atoms with E-state index in [9.17, 15) is 9.59 Å². The van der Waals surface area contributed by atoms with E-state index in [1.165, 1.54) is 0 Å². The predicted molar refractivity (Wildman–Crippen MR) is 56.4 cm³/mol. The molecule has 1 atom stereocenters. The maximum Gasteiger partial charge on any atom is 0.332 e. The van der Waals surface area contributed by atoms with E-state index >= 15 is 0 Å². The van der Waals surface area contributed by atoms with Crippen LogP contribution in [0.5, 0.6) is 0 Å². The molecule has 1 saturated carbocycles. The third-order valence-corrected chi connectivity index (χ3v) is 2.82. The monoisotopic (exact) mass is 230 g/mol. The molecule has 0 saturated heterocycles. The smallest absolute Gasteiger partial charge is 0.332 e. The third-order valence-electron chi connectivity index (χ3n) is 2.82. The number of amides is 1. The van der Waals surface area contributed by atoms with Gasteiger partial charge in [0.25, 0.3) is 0 Å². The van der Waals surface area contributed by atoms with Gasteiger partial charge in [0.2, 0.25) is 5.91 Å². The van der Waals surface area contributed by atoms with E-state index in [0.717, 1.165) is 6.42 Å². The lowest BCUT2D eigenvalue weighted by Gasteiger charge is -2.41. The van der Waals surface area contributed by atoms with Crippen LogP contribution in [-0.4, -0.2) is 41.8 Å². The maximum absolute atomic E-state index is 11.6. The van der Waals surface area contributed by atoms with Crippen molar-refractivity contribution in [2.24, 2.45) is 5.73 Å². The second-order valence-corrected chi connectivity index (χ2v) is 4.01. The standard InChI is InChI=1S/C10H18N2O4/c1-2-16-9(15)7(11)8(14)12-10(6-13)4-3-5-10/h7,13H,2-6,11H2,1H3,(H,12,14). The van der Waals surface area contributed by atoms with Crippen LogP contribution in [0.15, 0.2) is 0 Å². The van der Waals surface area contributed by atoms with Gasteiger partial charge in [0, 0.05) is 0 Å². The van der Waals surface area contributed by atoms with Crippen molar-refractivity contribution >= 4 is 11.9 Å². The Morgan fingerprint density at radius 2 is 2.19 bits per heavy atom. The summed E-state index contributed by atoms with van der Waals surface area (Å²) in [5, 5.41) is 11.7. The van der Waals surface area contributed by atoms with Crippen LogP contribution in [0.4, 0.5) is 0 Å². The van der Waals surface area contributed by atoms with Gasteiger partial charge in [0.1, 0.15) is 0 Å². The van der Waals surface area contributed by atoms with E-state index < -0.39 is 23.5 Å². The Hall–Kier alpha value is -1.14.